The molecule has 0 spiro atoms. The molecule has 3 amide bonds. The molecule has 1 saturated heterocycles. The van der Waals surface area contributed by atoms with Crippen LogP contribution in [-0.2, 0) is 14.8 Å². The molecule has 8 nitrogen and oxygen atoms in total. The highest BCUT2D eigenvalue weighted by Gasteiger charge is 2.34. The second kappa shape index (κ2) is 10.0. The molecule has 0 saturated carbocycles. The number of amides is 3. The Morgan fingerprint density at radius 2 is 1.63 bits per heavy atom. The number of aryl methyl sites for hydroxylation is 2. The van der Waals surface area contributed by atoms with Gasteiger partial charge in [-0.1, -0.05) is 6.07 Å². The molecule has 0 radical (unpaired) electrons. The summed E-state index contributed by atoms with van der Waals surface area (Å²) in [7, 11) is -3.67. The van der Waals surface area contributed by atoms with Gasteiger partial charge in [0.2, 0.25) is 15.9 Å². The van der Waals surface area contributed by atoms with Gasteiger partial charge in [0.15, 0.2) is 0 Å². The van der Waals surface area contributed by atoms with Crippen LogP contribution in [0.25, 0.3) is 0 Å². The molecule has 1 aliphatic heterocycles. The zero-order valence-electron chi connectivity index (χ0n) is 18.3. The number of nitrogens with one attached hydrogen (secondary N) is 1. The third-order valence-corrected chi connectivity index (χ3v) is 8.49. The van der Waals surface area contributed by atoms with E-state index in [1.807, 2.05) is 40.0 Å². The van der Waals surface area contributed by atoms with E-state index in [1.165, 1.54) is 4.31 Å². The van der Waals surface area contributed by atoms with Crippen molar-refractivity contribution in [3.63, 3.8) is 0 Å². The van der Waals surface area contributed by atoms with Crippen molar-refractivity contribution in [1.29, 1.82) is 0 Å². The van der Waals surface area contributed by atoms with Gasteiger partial charge in [-0.25, -0.2) is 13.2 Å². The highest BCUT2D eigenvalue weighted by Crippen LogP contribution is 2.29. The van der Waals surface area contributed by atoms with Crippen LogP contribution in [0.4, 0.5) is 4.79 Å². The van der Waals surface area contributed by atoms with Crippen molar-refractivity contribution in [3.8, 4) is 0 Å². The van der Waals surface area contributed by atoms with E-state index >= 15 is 0 Å². The number of hydrogen-bond donors (Lipinski definition) is 2. The topological polar surface area (TPSA) is 113 Å². The number of rotatable bonds is 7. The number of carbonyl (C=O) groups excluding carboxylic acids is 2. The molecule has 1 aliphatic rings. The van der Waals surface area contributed by atoms with Crippen LogP contribution in [0.1, 0.15) is 28.7 Å². The van der Waals surface area contributed by atoms with Crippen LogP contribution in [0.2, 0.25) is 0 Å². The molecular formula is C20H32N4O4S2. The van der Waals surface area contributed by atoms with Crippen molar-refractivity contribution in [1.82, 2.24) is 14.5 Å². The van der Waals surface area contributed by atoms with Crippen LogP contribution < -0.4 is 11.1 Å². The molecule has 168 valence electrons. The lowest BCUT2D eigenvalue weighted by Crippen LogP contribution is -2.56. The summed E-state index contributed by atoms with van der Waals surface area (Å²) in [5.41, 5.74) is 8.63. The average Bonchev–Trinajstić information content (AvgIpc) is 2.69. The van der Waals surface area contributed by atoms with E-state index in [1.54, 1.807) is 16.7 Å². The molecule has 3 N–H and O–H groups in total. The second-order valence-electron chi connectivity index (χ2n) is 7.66. The van der Waals surface area contributed by atoms with E-state index in [2.05, 4.69) is 5.32 Å². The van der Waals surface area contributed by atoms with E-state index < -0.39 is 22.1 Å². The van der Waals surface area contributed by atoms with Crippen LogP contribution in [0.3, 0.4) is 0 Å². The predicted molar refractivity (Wildman–Crippen MR) is 120 cm³/mol. The van der Waals surface area contributed by atoms with Crippen LogP contribution in [0, 0.1) is 27.7 Å². The Bertz CT molecular complexity index is 884. The molecule has 1 fully saturated rings. The number of benzene rings is 1. The Morgan fingerprint density at radius 3 is 2.10 bits per heavy atom. The number of carbonyl (C=O) groups is 2. The first kappa shape index (κ1) is 24.5. The van der Waals surface area contributed by atoms with Crippen molar-refractivity contribution in [2.75, 3.05) is 38.2 Å². The molecule has 1 aromatic rings. The summed E-state index contributed by atoms with van der Waals surface area (Å²) < 4.78 is 28.2. The fourth-order valence-corrected chi connectivity index (χ4v) is 6.20. The molecule has 1 atom stereocenters. The highest BCUT2D eigenvalue weighted by atomic mass is 32.2. The molecule has 2 rings (SSSR count). The lowest BCUT2D eigenvalue weighted by molar-refractivity contribution is -0.134. The van der Waals surface area contributed by atoms with E-state index in [4.69, 9.17) is 5.73 Å². The number of piperazine rings is 1. The van der Waals surface area contributed by atoms with Crippen LogP contribution in [0.5, 0.6) is 0 Å². The summed E-state index contributed by atoms with van der Waals surface area (Å²) in [4.78, 5) is 26.1. The van der Waals surface area contributed by atoms with Crippen LogP contribution in [-0.4, -0.2) is 73.8 Å². The van der Waals surface area contributed by atoms with Gasteiger partial charge < -0.3 is 16.0 Å². The van der Waals surface area contributed by atoms with Crippen LogP contribution >= 0.6 is 11.8 Å². The lowest BCUT2D eigenvalue weighted by atomic mass is 10.0. The minimum Gasteiger partial charge on any atom is -0.352 e. The quantitative estimate of drug-likeness (QED) is 0.646. The number of nitrogens with two attached hydrogens (primary N) is 1. The van der Waals surface area contributed by atoms with E-state index in [-0.39, 0.29) is 32.1 Å². The normalized spacial score (nSPS) is 16.4. The zero-order chi connectivity index (χ0) is 22.6. The fraction of sp³-hybridized carbons (Fsp3) is 0.600. The third-order valence-electron chi connectivity index (χ3n) is 5.67. The van der Waals surface area contributed by atoms with Crippen molar-refractivity contribution >= 4 is 33.7 Å². The number of primary amides is 1. The summed E-state index contributed by atoms with van der Waals surface area (Å²) in [5.74, 6) is 0.481. The third kappa shape index (κ3) is 5.28. The molecule has 10 heteroatoms. The van der Waals surface area contributed by atoms with Crippen LogP contribution in [0.15, 0.2) is 11.0 Å². The van der Waals surface area contributed by atoms with Crippen molar-refractivity contribution in [3.05, 3.63) is 28.3 Å². The SMILES string of the molecule is CSCC[C@@H](NC(N)=O)C(=O)N1CCN(S(=O)(=O)c2c(C)c(C)cc(C)c2C)CC1. The summed E-state index contributed by atoms with van der Waals surface area (Å²) in [6.07, 6.45) is 2.40. The van der Waals surface area contributed by atoms with Gasteiger partial charge >= 0.3 is 6.03 Å². The van der Waals surface area contributed by atoms with Gasteiger partial charge in [-0.05, 0) is 68.4 Å². The van der Waals surface area contributed by atoms with Gasteiger partial charge in [-0.2, -0.15) is 16.1 Å². The van der Waals surface area contributed by atoms with Gasteiger partial charge in [0.25, 0.3) is 0 Å². The van der Waals surface area contributed by atoms with Gasteiger partial charge in [0, 0.05) is 26.2 Å². The van der Waals surface area contributed by atoms with Crippen molar-refractivity contribution in [2.45, 2.75) is 45.1 Å². The number of nitrogens with zero attached hydrogens (tertiary/aromatic N) is 2. The highest BCUT2D eigenvalue weighted by molar-refractivity contribution is 7.98. The molecular weight excluding hydrogens is 424 g/mol. The maximum Gasteiger partial charge on any atom is 0.312 e. The minimum atomic E-state index is -3.67. The molecule has 0 aliphatic carbocycles. The first-order valence-corrected chi connectivity index (χ1v) is 12.7. The molecule has 1 heterocycles. The lowest BCUT2D eigenvalue weighted by Gasteiger charge is -2.36. The maximum absolute atomic E-state index is 13.4. The Labute approximate surface area is 183 Å². The molecule has 0 unspecified atom stereocenters. The van der Waals surface area contributed by atoms with Crippen molar-refractivity contribution < 1.29 is 18.0 Å². The largest absolute Gasteiger partial charge is 0.352 e. The molecule has 1 aromatic carbocycles. The molecule has 0 aromatic heterocycles. The molecule has 0 bridgehead atoms. The van der Waals surface area contributed by atoms with Gasteiger partial charge in [0.1, 0.15) is 6.04 Å². The van der Waals surface area contributed by atoms with Gasteiger partial charge in [-0.15, -0.1) is 0 Å². The number of sulfonamides is 1. The molecule has 30 heavy (non-hydrogen) atoms. The fourth-order valence-electron chi connectivity index (χ4n) is 3.73. The Hall–Kier alpha value is -1.78. The smallest absolute Gasteiger partial charge is 0.312 e. The number of hydrogen-bond acceptors (Lipinski definition) is 5. The maximum atomic E-state index is 13.4. The number of thioether (sulfide) groups is 1. The van der Waals surface area contributed by atoms with Gasteiger partial charge in [0.05, 0.1) is 4.90 Å². The number of urea groups is 1. The Balaban J connectivity index is 2.17. The summed E-state index contributed by atoms with van der Waals surface area (Å²) in [6.45, 7) is 8.47. The van der Waals surface area contributed by atoms with Gasteiger partial charge in [-0.3, -0.25) is 4.79 Å². The first-order valence-electron chi connectivity index (χ1n) is 9.92. The Morgan fingerprint density at radius 1 is 1.10 bits per heavy atom. The predicted octanol–water partition coefficient (Wildman–Crippen LogP) is 1.54. The summed E-state index contributed by atoms with van der Waals surface area (Å²) in [5, 5.41) is 2.51. The second-order valence-corrected chi connectivity index (χ2v) is 10.5. The van der Waals surface area contributed by atoms with Crippen molar-refractivity contribution in [2.24, 2.45) is 5.73 Å². The standard InChI is InChI=1S/C20H32N4O4S2/c1-13-12-14(2)16(4)18(15(13)3)30(27,28)24-9-7-23(8-10-24)19(25)17(6-11-29-5)22-20(21)26/h12,17H,6-11H2,1-5H3,(H3,21,22,26)/t17-/m1/s1. The minimum absolute atomic E-state index is 0.214. The summed E-state index contributed by atoms with van der Waals surface area (Å²) >= 11 is 1.58. The van der Waals surface area contributed by atoms with E-state index in [0.29, 0.717) is 17.1 Å². The monoisotopic (exact) mass is 456 g/mol. The van der Waals surface area contributed by atoms with E-state index in [0.717, 1.165) is 22.3 Å². The zero-order valence-corrected chi connectivity index (χ0v) is 20.0. The first-order chi connectivity index (χ1) is 14.0. The Kier molecular flexibility index (Phi) is 8.18. The van der Waals surface area contributed by atoms with E-state index in [9.17, 15) is 18.0 Å². The average molecular weight is 457 g/mol. The summed E-state index contributed by atoms with van der Waals surface area (Å²) in [6, 6.07) is 0.569.